The molecule has 3 rings (SSSR count). The van der Waals surface area contributed by atoms with Crippen molar-refractivity contribution in [2.45, 2.75) is 57.4 Å². The van der Waals surface area contributed by atoms with Gasteiger partial charge in [-0.15, -0.1) is 0 Å². The summed E-state index contributed by atoms with van der Waals surface area (Å²) in [5, 5.41) is 3.40. The second-order valence-corrected chi connectivity index (χ2v) is 6.38. The predicted molar refractivity (Wildman–Crippen MR) is 72.3 cm³/mol. The number of hydrogen-bond acceptors (Lipinski definition) is 2. The minimum Gasteiger partial charge on any atom is -0.341 e. The number of nitrogens with one attached hydrogen (secondary N) is 1. The van der Waals surface area contributed by atoms with E-state index in [1.807, 2.05) is 0 Å². The molecular weight excluding hydrogens is 224 g/mol. The lowest BCUT2D eigenvalue weighted by Crippen LogP contribution is -2.53. The van der Waals surface area contributed by atoms with Crippen LogP contribution < -0.4 is 5.32 Å². The van der Waals surface area contributed by atoms with E-state index in [9.17, 15) is 4.79 Å². The lowest BCUT2D eigenvalue weighted by atomic mass is 9.75. The molecule has 18 heavy (non-hydrogen) atoms. The van der Waals surface area contributed by atoms with Crippen LogP contribution in [0.3, 0.4) is 0 Å². The molecule has 1 amide bonds. The summed E-state index contributed by atoms with van der Waals surface area (Å²) < 4.78 is 0. The Balaban J connectivity index is 1.57. The standard InChI is InChI=1S/C15H26N2O/c18-15(14-7-3-4-9-16-14)17-10-8-12-5-1-2-6-13(12)11-17/h12-14,16H,1-11H2/t12?,13?,14-/m0/s1. The molecule has 102 valence electrons. The van der Waals surface area contributed by atoms with Crippen LogP contribution in [0.15, 0.2) is 0 Å². The van der Waals surface area contributed by atoms with Crippen molar-refractivity contribution < 1.29 is 4.79 Å². The molecule has 3 heteroatoms. The van der Waals surface area contributed by atoms with E-state index >= 15 is 0 Å². The van der Waals surface area contributed by atoms with Crippen LogP contribution in [-0.4, -0.2) is 36.5 Å². The molecule has 2 heterocycles. The van der Waals surface area contributed by atoms with Gasteiger partial charge >= 0.3 is 0 Å². The first-order valence-electron chi connectivity index (χ1n) is 7.87. The highest BCUT2D eigenvalue weighted by atomic mass is 16.2. The predicted octanol–water partition coefficient (Wildman–Crippen LogP) is 2.17. The van der Waals surface area contributed by atoms with Crippen LogP contribution in [0.5, 0.6) is 0 Å². The lowest BCUT2D eigenvalue weighted by Gasteiger charge is -2.42. The summed E-state index contributed by atoms with van der Waals surface area (Å²) >= 11 is 0. The lowest BCUT2D eigenvalue weighted by molar-refractivity contribution is -0.137. The van der Waals surface area contributed by atoms with Gasteiger partial charge in [0.2, 0.25) is 5.91 Å². The smallest absolute Gasteiger partial charge is 0.239 e. The summed E-state index contributed by atoms with van der Waals surface area (Å²) in [6.07, 6.45) is 10.3. The zero-order valence-corrected chi connectivity index (χ0v) is 11.4. The SMILES string of the molecule is O=C([C@@H]1CCCCN1)N1CCC2CCCCC2C1. The van der Waals surface area contributed by atoms with Crippen LogP contribution in [0.25, 0.3) is 0 Å². The number of carbonyl (C=O) groups is 1. The van der Waals surface area contributed by atoms with Gasteiger partial charge in [0.15, 0.2) is 0 Å². The van der Waals surface area contributed by atoms with E-state index in [1.54, 1.807) is 0 Å². The Bertz CT molecular complexity index is 299. The van der Waals surface area contributed by atoms with Crippen molar-refractivity contribution in [2.24, 2.45) is 11.8 Å². The fourth-order valence-electron chi connectivity index (χ4n) is 4.08. The van der Waals surface area contributed by atoms with Crippen LogP contribution >= 0.6 is 0 Å². The zero-order chi connectivity index (χ0) is 12.4. The summed E-state index contributed by atoms with van der Waals surface area (Å²) in [7, 11) is 0. The van der Waals surface area contributed by atoms with Gasteiger partial charge in [-0.25, -0.2) is 0 Å². The fraction of sp³-hybridized carbons (Fsp3) is 0.933. The summed E-state index contributed by atoms with van der Waals surface area (Å²) in [6.45, 7) is 3.08. The van der Waals surface area contributed by atoms with Crippen molar-refractivity contribution >= 4 is 5.91 Å². The Kier molecular flexibility index (Phi) is 3.88. The molecule has 0 aromatic heterocycles. The van der Waals surface area contributed by atoms with Gasteiger partial charge in [-0.05, 0) is 44.1 Å². The van der Waals surface area contributed by atoms with Crippen molar-refractivity contribution in [3.63, 3.8) is 0 Å². The number of fused-ring (bicyclic) bond motifs is 1. The monoisotopic (exact) mass is 250 g/mol. The van der Waals surface area contributed by atoms with Crippen LogP contribution in [0, 0.1) is 11.8 Å². The van der Waals surface area contributed by atoms with Gasteiger partial charge in [-0.3, -0.25) is 4.79 Å². The largest absolute Gasteiger partial charge is 0.341 e. The average Bonchev–Trinajstić information content (AvgIpc) is 2.47. The van der Waals surface area contributed by atoms with E-state index in [-0.39, 0.29) is 6.04 Å². The molecule has 2 unspecified atom stereocenters. The molecule has 0 bridgehead atoms. The van der Waals surface area contributed by atoms with E-state index in [1.165, 1.54) is 44.9 Å². The maximum Gasteiger partial charge on any atom is 0.239 e. The molecule has 0 aromatic carbocycles. The van der Waals surface area contributed by atoms with E-state index in [2.05, 4.69) is 10.2 Å². The molecule has 0 aromatic rings. The van der Waals surface area contributed by atoms with Crippen molar-refractivity contribution in [3.05, 3.63) is 0 Å². The maximum absolute atomic E-state index is 12.5. The van der Waals surface area contributed by atoms with Crippen LogP contribution in [0.2, 0.25) is 0 Å². The molecule has 2 aliphatic heterocycles. The third-order valence-corrected chi connectivity index (χ3v) is 5.21. The molecule has 1 N–H and O–H groups in total. The number of amides is 1. The molecule has 1 aliphatic carbocycles. The summed E-state index contributed by atoms with van der Waals surface area (Å²) in [4.78, 5) is 14.7. The quantitative estimate of drug-likeness (QED) is 0.773. The first-order chi connectivity index (χ1) is 8.84. The minimum absolute atomic E-state index is 0.124. The molecule has 3 atom stereocenters. The Hall–Kier alpha value is -0.570. The molecule has 3 fully saturated rings. The normalized spacial score (nSPS) is 37.1. The zero-order valence-electron chi connectivity index (χ0n) is 11.4. The first kappa shape index (κ1) is 12.5. The summed E-state index contributed by atoms with van der Waals surface area (Å²) in [5.74, 6) is 2.11. The van der Waals surface area contributed by atoms with Crippen molar-refractivity contribution in [2.75, 3.05) is 19.6 Å². The summed E-state index contributed by atoms with van der Waals surface area (Å²) in [5.41, 5.74) is 0. The first-order valence-corrected chi connectivity index (χ1v) is 7.87. The Morgan fingerprint density at radius 1 is 0.944 bits per heavy atom. The van der Waals surface area contributed by atoms with Crippen LogP contribution in [0.4, 0.5) is 0 Å². The third kappa shape index (κ3) is 2.56. The molecule has 2 saturated heterocycles. The number of carbonyl (C=O) groups excluding carboxylic acids is 1. The molecule has 0 spiro atoms. The molecule has 1 saturated carbocycles. The second-order valence-electron chi connectivity index (χ2n) is 6.38. The molecular formula is C15H26N2O. The van der Waals surface area contributed by atoms with E-state index in [0.717, 1.165) is 37.9 Å². The highest BCUT2D eigenvalue weighted by molar-refractivity contribution is 5.82. The van der Waals surface area contributed by atoms with Gasteiger partial charge in [-0.2, -0.15) is 0 Å². The van der Waals surface area contributed by atoms with Gasteiger partial charge in [0.05, 0.1) is 6.04 Å². The van der Waals surface area contributed by atoms with Crippen molar-refractivity contribution in [3.8, 4) is 0 Å². The highest BCUT2D eigenvalue weighted by Gasteiger charge is 2.35. The van der Waals surface area contributed by atoms with Crippen LogP contribution in [-0.2, 0) is 4.79 Å². The van der Waals surface area contributed by atoms with E-state index in [4.69, 9.17) is 0 Å². The third-order valence-electron chi connectivity index (χ3n) is 5.21. The molecule has 3 nitrogen and oxygen atoms in total. The van der Waals surface area contributed by atoms with Gasteiger partial charge < -0.3 is 10.2 Å². The Morgan fingerprint density at radius 2 is 1.72 bits per heavy atom. The second kappa shape index (κ2) is 5.60. The van der Waals surface area contributed by atoms with E-state index in [0.29, 0.717) is 5.91 Å². The number of hydrogen-bond donors (Lipinski definition) is 1. The Labute approximate surface area is 110 Å². The summed E-state index contributed by atoms with van der Waals surface area (Å²) in [6, 6.07) is 0.124. The van der Waals surface area contributed by atoms with Gasteiger partial charge in [0, 0.05) is 13.1 Å². The average molecular weight is 250 g/mol. The maximum atomic E-state index is 12.5. The van der Waals surface area contributed by atoms with Gasteiger partial charge in [-0.1, -0.05) is 25.7 Å². The highest BCUT2D eigenvalue weighted by Crippen LogP contribution is 2.36. The number of piperidine rings is 2. The number of likely N-dealkylation sites (tertiary alicyclic amines) is 1. The minimum atomic E-state index is 0.124. The van der Waals surface area contributed by atoms with E-state index < -0.39 is 0 Å². The fourth-order valence-corrected chi connectivity index (χ4v) is 4.08. The van der Waals surface area contributed by atoms with Crippen molar-refractivity contribution in [1.29, 1.82) is 0 Å². The van der Waals surface area contributed by atoms with Gasteiger partial charge in [0.25, 0.3) is 0 Å². The molecule has 0 radical (unpaired) electrons. The molecule has 3 aliphatic rings. The van der Waals surface area contributed by atoms with Crippen molar-refractivity contribution in [1.82, 2.24) is 10.2 Å². The van der Waals surface area contributed by atoms with Crippen LogP contribution in [0.1, 0.15) is 51.4 Å². The van der Waals surface area contributed by atoms with Gasteiger partial charge in [0.1, 0.15) is 0 Å². The topological polar surface area (TPSA) is 32.3 Å². The Morgan fingerprint density at radius 3 is 2.50 bits per heavy atom. The number of nitrogens with zero attached hydrogens (tertiary/aromatic N) is 1. The number of rotatable bonds is 1.